The van der Waals surface area contributed by atoms with Gasteiger partial charge in [0.25, 0.3) is 6.71 Å². The second-order valence-electron chi connectivity index (χ2n) is 46.7. The van der Waals surface area contributed by atoms with Crippen molar-refractivity contribution in [3.8, 4) is 55.9 Å². The summed E-state index contributed by atoms with van der Waals surface area (Å²) >= 11 is 0. The molecule has 2 aliphatic heterocycles. The van der Waals surface area contributed by atoms with Crippen LogP contribution in [0.3, 0.4) is 0 Å². The molecule has 0 radical (unpaired) electrons. The lowest BCUT2D eigenvalue weighted by Crippen LogP contribution is -2.61. The van der Waals surface area contributed by atoms with Crippen LogP contribution in [0.4, 0.5) is 34.1 Å². The Morgan fingerprint density at radius 2 is 0.600 bits per heavy atom. The zero-order valence-corrected chi connectivity index (χ0v) is 79.5. The summed E-state index contributed by atoms with van der Waals surface area (Å²) in [6.07, 6.45) is 1.80. The van der Waals surface area contributed by atoms with Crippen molar-refractivity contribution < 1.29 is 13.7 Å². The van der Waals surface area contributed by atoms with Gasteiger partial charge in [0.05, 0.1) is 44.4 Å². The Kier molecular flexibility index (Phi) is 18.5. The van der Waals surface area contributed by atoms with Crippen molar-refractivity contribution in [1.82, 2.24) is 9.13 Å². The van der Waals surface area contributed by atoms with Crippen molar-refractivity contribution in [2.75, 3.05) is 9.80 Å². The van der Waals surface area contributed by atoms with Gasteiger partial charge >= 0.3 is 0 Å². The summed E-state index contributed by atoms with van der Waals surface area (Å²) in [4.78, 5) is 4.99. The summed E-state index contributed by atoms with van der Waals surface area (Å²) in [6, 6.07) is 74.8. The van der Waals surface area contributed by atoms with Crippen LogP contribution in [0.5, 0.6) is 0 Å². The Bertz CT molecular complexity index is 6990. The standard InChI is InChI=1S/C120H135BN4/c1-112(2,3)70-76-36-32-40-82(56-76)93-64-87(119(22,23)24)65-94(83-41-33-37-77(57-83)71-113(4,5)6)110(93)124-105-68-89(122-101-46-30-28-44-91(101)97-60-80(48-54-103(97)122)74-116(13,14)15)50-52-99(105)121-100-53-51-90(123-102-47-31-29-45-92(102)98-63-86(118(19,20)21)49-55-104(98)123)69-106(100)125(108-62-81(75-117(16,17)18)61-107(124)109(108)121)111-95(84-42-34-38-78(58-84)72-114(7,8)9)66-88(120(25,26)27)67-96(111)85-43-35-39-79(59-85)73-115(10,11)12/h28-69H,70-75H2,1-27H3/i28D,29D,30D,31D,44D,45D,46D,47D,75D2. The van der Waals surface area contributed by atoms with Gasteiger partial charge in [-0.15, -0.1) is 0 Å². The second kappa shape index (κ2) is 31.0. The van der Waals surface area contributed by atoms with E-state index in [1.165, 1.54) is 22.3 Å². The third kappa shape index (κ3) is 17.4. The first-order chi connectivity index (χ1) is 62.6. The minimum absolute atomic E-state index is 0.0900. The van der Waals surface area contributed by atoms with Crippen molar-refractivity contribution in [1.29, 1.82) is 0 Å². The molecule has 0 saturated carbocycles. The third-order valence-corrected chi connectivity index (χ3v) is 24.8. The second-order valence-corrected chi connectivity index (χ2v) is 46.7. The van der Waals surface area contributed by atoms with Gasteiger partial charge < -0.3 is 18.9 Å². The summed E-state index contributed by atoms with van der Waals surface area (Å²) < 4.78 is 105. The maximum atomic E-state index is 11.3. The lowest BCUT2D eigenvalue weighted by atomic mass is 9.33. The first kappa shape index (κ1) is 74.4. The van der Waals surface area contributed by atoms with Gasteiger partial charge in [-0.25, -0.2) is 0 Å². The first-order valence-electron chi connectivity index (χ1n) is 50.5. The molecule has 15 aromatic rings. The molecule has 5 heteroatoms. The van der Waals surface area contributed by atoms with E-state index in [2.05, 4.69) is 391 Å². The summed E-state index contributed by atoms with van der Waals surface area (Å²) in [5, 5.41) is 2.27. The number of anilines is 6. The van der Waals surface area contributed by atoms with Crippen LogP contribution < -0.4 is 26.2 Å². The van der Waals surface area contributed by atoms with Crippen LogP contribution in [-0.4, -0.2) is 15.8 Å². The summed E-state index contributed by atoms with van der Waals surface area (Å²) in [7, 11) is 0. The molecular weight excluding hydrogens is 1510 g/mol. The largest absolute Gasteiger partial charge is 0.310 e. The summed E-state index contributed by atoms with van der Waals surface area (Å²) in [5.74, 6) is 0. The number of para-hydroxylation sites is 2. The molecule has 2 aromatic heterocycles. The van der Waals surface area contributed by atoms with E-state index in [0.29, 0.717) is 55.0 Å². The monoisotopic (exact) mass is 1650 g/mol. The van der Waals surface area contributed by atoms with Crippen molar-refractivity contribution >= 4 is 101 Å². The molecule has 0 saturated heterocycles. The number of aromatic nitrogens is 2. The summed E-state index contributed by atoms with van der Waals surface area (Å²) in [5.41, 5.74) is 25.6. The molecule has 0 bridgehead atoms. The maximum Gasteiger partial charge on any atom is 0.252 e. The molecule has 4 nitrogen and oxygen atoms in total. The molecule has 0 fully saturated rings. The minimum atomic E-state index is -2.10. The van der Waals surface area contributed by atoms with Gasteiger partial charge in [0.1, 0.15) is 0 Å². The predicted molar refractivity (Wildman–Crippen MR) is 546 cm³/mol. The first-order valence-corrected chi connectivity index (χ1v) is 45.5. The van der Waals surface area contributed by atoms with Crippen molar-refractivity contribution in [3.05, 3.63) is 305 Å². The minimum Gasteiger partial charge on any atom is -0.310 e. The van der Waals surface area contributed by atoms with Crippen molar-refractivity contribution in [2.24, 2.45) is 32.5 Å². The zero-order valence-electron chi connectivity index (χ0n) is 89.5. The molecule has 17 rings (SSSR count). The van der Waals surface area contributed by atoms with E-state index in [1.807, 2.05) is 20.8 Å². The fraction of sp³-hybridized carbons (Fsp3) is 0.350. The highest BCUT2D eigenvalue weighted by Gasteiger charge is 2.47. The van der Waals surface area contributed by atoms with Gasteiger partial charge in [0.15, 0.2) is 0 Å². The Hall–Kier alpha value is -10.9. The number of fused-ring (bicyclic) bond motifs is 10. The van der Waals surface area contributed by atoms with Crippen LogP contribution >= 0.6 is 0 Å². The smallest absolute Gasteiger partial charge is 0.252 e. The number of nitrogens with zero attached hydrogens (tertiary/aromatic N) is 4. The van der Waals surface area contributed by atoms with Gasteiger partial charge in [-0.1, -0.05) is 345 Å². The molecule has 0 N–H and O–H groups in total. The highest BCUT2D eigenvalue weighted by molar-refractivity contribution is 7.00. The van der Waals surface area contributed by atoms with E-state index in [0.717, 1.165) is 155 Å². The van der Waals surface area contributed by atoms with Crippen LogP contribution in [0.1, 0.15) is 251 Å². The number of benzene rings is 13. The highest BCUT2D eigenvalue weighted by Crippen LogP contribution is 2.57. The molecule has 638 valence electrons. The Morgan fingerprint density at radius 3 is 0.936 bits per heavy atom. The average molecular weight is 1650 g/mol. The van der Waals surface area contributed by atoms with Crippen LogP contribution in [-0.2, 0) is 54.7 Å². The lowest BCUT2D eigenvalue weighted by Gasteiger charge is -2.46. The number of rotatable bonds is 14. The maximum absolute atomic E-state index is 11.3. The molecule has 0 unspecified atom stereocenters. The van der Waals surface area contributed by atoms with E-state index in [9.17, 15) is 13.7 Å². The van der Waals surface area contributed by atoms with E-state index in [-0.39, 0.29) is 80.8 Å². The number of hydrogen-bond acceptors (Lipinski definition) is 2. The van der Waals surface area contributed by atoms with Gasteiger partial charge in [-0.2, -0.15) is 0 Å². The van der Waals surface area contributed by atoms with Crippen LogP contribution in [0, 0.1) is 32.5 Å². The molecule has 0 amide bonds. The van der Waals surface area contributed by atoms with E-state index in [1.54, 1.807) is 0 Å². The van der Waals surface area contributed by atoms with E-state index < -0.39 is 29.3 Å². The topological polar surface area (TPSA) is 16.3 Å². The van der Waals surface area contributed by atoms with Gasteiger partial charge in [-0.3, -0.25) is 0 Å². The quantitative estimate of drug-likeness (QED) is 0.101. The molecule has 0 spiro atoms. The molecule has 125 heavy (non-hydrogen) atoms. The number of hydrogen-bond donors (Lipinski definition) is 0. The van der Waals surface area contributed by atoms with Gasteiger partial charge in [0.2, 0.25) is 0 Å². The normalized spacial score (nSPS) is 15.0. The fourth-order valence-corrected chi connectivity index (χ4v) is 19.8. The van der Waals surface area contributed by atoms with Gasteiger partial charge in [0, 0.05) is 80.7 Å². The summed E-state index contributed by atoms with van der Waals surface area (Å²) in [6.45, 7) is 59.8. The fourth-order valence-electron chi connectivity index (χ4n) is 19.8. The Labute approximate surface area is 763 Å². The molecule has 13 aromatic carbocycles. The van der Waals surface area contributed by atoms with Crippen LogP contribution in [0.25, 0.3) is 99.5 Å². The highest BCUT2D eigenvalue weighted by atomic mass is 15.2. The van der Waals surface area contributed by atoms with Crippen molar-refractivity contribution in [3.63, 3.8) is 0 Å². The molecule has 0 atom stereocenters. The Morgan fingerprint density at radius 1 is 0.272 bits per heavy atom. The van der Waals surface area contributed by atoms with Crippen LogP contribution in [0.15, 0.2) is 255 Å². The zero-order chi connectivity index (χ0) is 97.9. The van der Waals surface area contributed by atoms with Gasteiger partial charge in [-0.05, 0) is 273 Å². The molecule has 4 heterocycles. The molecular formula is C120H135BN4. The Balaban J connectivity index is 1.14. The van der Waals surface area contributed by atoms with Crippen LogP contribution in [0.2, 0.25) is 0 Å². The van der Waals surface area contributed by atoms with Crippen molar-refractivity contribution in [2.45, 2.75) is 242 Å². The molecule has 0 aliphatic carbocycles. The van der Waals surface area contributed by atoms with E-state index in [4.69, 9.17) is 0 Å². The SMILES string of the molecule is [2H]c1c([2H])c([2H])c2c(c1[2H])c1cc(CC(C)(C)C)ccc1n2-c1ccc2c(c1)N(c1c(-c3cccc(CC(C)(C)C)c3)cc(C(C)(C)C)cc1-c1cccc(CC(C)(C)C)c1)c1cc(C([2H])([2H])C(C)(C)C)cc3c1B2c1ccc(-n2c4ccc(C(C)(C)C)cc4c4c([2H])c([2H])c([2H])c([2H])c42)cc1N3c1c(-c2cccc(CC(C)(C)C)c2)cc(C(C)(C)C)cc1-c1cccc(CC(C)(C)C)c1. The van der Waals surface area contributed by atoms with E-state index >= 15 is 0 Å². The third-order valence-electron chi connectivity index (χ3n) is 24.8. The predicted octanol–water partition coefficient (Wildman–Crippen LogP) is 32.1. The molecule has 2 aliphatic rings. The lowest BCUT2D eigenvalue weighted by molar-refractivity contribution is 0.411. The average Bonchev–Trinajstić information content (AvgIpc) is 1.13.